The van der Waals surface area contributed by atoms with Gasteiger partial charge in [0.15, 0.2) is 0 Å². The molecule has 15 heavy (non-hydrogen) atoms. The fraction of sp³-hybridized carbons (Fsp3) is 1.00. The molecule has 1 aliphatic carbocycles. The Bertz CT molecular complexity index is 178. The van der Waals surface area contributed by atoms with Gasteiger partial charge in [0.1, 0.15) is 0 Å². The van der Waals surface area contributed by atoms with Crippen LogP contribution in [0.15, 0.2) is 0 Å². The van der Waals surface area contributed by atoms with Crippen molar-refractivity contribution >= 4 is 0 Å². The van der Waals surface area contributed by atoms with Crippen LogP contribution in [0.4, 0.5) is 0 Å². The number of aliphatic hydroxyl groups excluding tert-OH is 1. The lowest BCUT2D eigenvalue weighted by atomic mass is 9.68. The Morgan fingerprint density at radius 2 is 1.67 bits per heavy atom. The summed E-state index contributed by atoms with van der Waals surface area (Å²) < 4.78 is 0. The summed E-state index contributed by atoms with van der Waals surface area (Å²) in [6, 6.07) is 0. The molecule has 0 heterocycles. The first-order chi connectivity index (χ1) is 6.93. The van der Waals surface area contributed by atoms with E-state index >= 15 is 0 Å². The molecule has 0 aliphatic heterocycles. The Morgan fingerprint density at radius 3 is 2.13 bits per heavy atom. The summed E-state index contributed by atoms with van der Waals surface area (Å²) in [5.41, 5.74) is 0.324. The van der Waals surface area contributed by atoms with Gasteiger partial charge in [-0.05, 0) is 36.5 Å². The summed E-state index contributed by atoms with van der Waals surface area (Å²) in [6.07, 6.45) is 7.80. The van der Waals surface area contributed by atoms with Gasteiger partial charge in [-0.2, -0.15) is 0 Å². The van der Waals surface area contributed by atoms with Crippen LogP contribution in [0.1, 0.15) is 66.2 Å². The molecule has 1 aliphatic rings. The second kappa shape index (κ2) is 5.34. The van der Waals surface area contributed by atoms with Crippen molar-refractivity contribution in [1.29, 1.82) is 0 Å². The van der Waals surface area contributed by atoms with Crippen molar-refractivity contribution in [2.45, 2.75) is 72.3 Å². The first kappa shape index (κ1) is 13.0. The van der Waals surface area contributed by atoms with Crippen LogP contribution in [0.2, 0.25) is 0 Å². The molecule has 1 rings (SSSR count). The molecule has 1 fully saturated rings. The van der Waals surface area contributed by atoms with Gasteiger partial charge in [-0.1, -0.05) is 47.0 Å². The maximum atomic E-state index is 9.99. The minimum atomic E-state index is -0.123. The predicted molar refractivity (Wildman–Crippen MR) is 65.8 cm³/mol. The number of hydrogen-bond acceptors (Lipinski definition) is 1. The third-order valence-electron chi connectivity index (χ3n) is 4.22. The number of aliphatic hydroxyl groups is 1. The van der Waals surface area contributed by atoms with Gasteiger partial charge in [0, 0.05) is 0 Å². The van der Waals surface area contributed by atoms with E-state index in [9.17, 15) is 5.11 Å². The Morgan fingerprint density at radius 1 is 1.13 bits per heavy atom. The summed E-state index contributed by atoms with van der Waals surface area (Å²) in [5, 5.41) is 9.99. The molecule has 1 N–H and O–H groups in total. The summed E-state index contributed by atoms with van der Waals surface area (Å²) in [7, 11) is 0. The maximum Gasteiger partial charge on any atom is 0.0568 e. The fourth-order valence-corrected chi connectivity index (χ4v) is 2.83. The summed E-state index contributed by atoms with van der Waals surface area (Å²) in [6.45, 7) is 8.91. The Balaban J connectivity index is 2.48. The molecule has 1 unspecified atom stereocenters. The van der Waals surface area contributed by atoms with Gasteiger partial charge in [0.25, 0.3) is 0 Å². The highest BCUT2D eigenvalue weighted by Crippen LogP contribution is 2.41. The molecule has 0 aromatic heterocycles. The average Bonchev–Trinajstić information content (AvgIpc) is 2.18. The van der Waals surface area contributed by atoms with Crippen LogP contribution in [0.3, 0.4) is 0 Å². The standard InChI is InChI=1S/C14H28O/c1-11(2)13(15)10-14(3,4)12-8-6-5-7-9-12/h11-13,15H,5-10H2,1-4H3. The van der Waals surface area contributed by atoms with Crippen LogP contribution in [0.5, 0.6) is 0 Å². The fourth-order valence-electron chi connectivity index (χ4n) is 2.83. The minimum Gasteiger partial charge on any atom is -0.393 e. The van der Waals surface area contributed by atoms with E-state index in [1.54, 1.807) is 0 Å². The predicted octanol–water partition coefficient (Wildman–Crippen LogP) is 4.00. The second-order valence-electron chi connectivity index (χ2n) is 6.34. The summed E-state index contributed by atoms with van der Waals surface area (Å²) in [5.74, 6) is 1.23. The topological polar surface area (TPSA) is 20.2 Å². The lowest BCUT2D eigenvalue weighted by Gasteiger charge is -2.39. The first-order valence-corrected chi connectivity index (χ1v) is 6.61. The highest BCUT2D eigenvalue weighted by atomic mass is 16.3. The SMILES string of the molecule is CC(C)C(O)CC(C)(C)C1CCCCC1. The van der Waals surface area contributed by atoms with Crippen molar-refractivity contribution in [3.8, 4) is 0 Å². The van der Waals surface area contributed by atoms with Gasteiger partial charge in [0.2, 0.25) is 0 Å². The second-order valence-corrected chi connectivity index (χ2v) is 6.34. The third-order valence-corrected chi connectivity index (χ3v) is 4.22. The zero-order valence-electron chi connectivity index (χ0n) is 10.9. The van der Waals surface area contributed by atoms with Crippen molar-refractivity contribution in [3.63, 3.8) is 0 Å². The van der Waals surface area contributed by atoms with E-state index in [0.717, 1.165) is 12.3 Å². The molecule has 0 spiro atoms. The zero-order valence-corrected chi connectivity index (χ0v) is 10.9. The number of rotatable bonds is 4. The van der Waals surface area contributed by atoms with Gasteiger partial charge in [0.05, 0.1) is 6.10 Å². The molecule has 0 bridgehead atoms. The molecule has 1 saturated carbocycles. The van der Waals surface area contributed by atoms with Gasteiger partial charge in [-0.25, -0.2) is 0 Å². The van der Waals surface area contributed by atoms with Crippen LogP contribution >= 0.6 is 0 Å². The van der Waals surface area contributed by atoms with E-state index in [-0.39, 0.29) is 6.10 Å². The molecule has 0 saturated heterocycles. The van der Waals surface area contributed by atoms with E-state index in [4.69, 9.17) is 0 Å². The minimum absolute atomic E-state index is 0.123. The van der Waals surface area contributed by atoms with Gasteiger partial charge < -0.3 is 5.11 Å². The van der Waals surface area contributed by atoms with Crippen molar-refractivity contribution in [2.24, 2.45) is 17.3 Å². The molecule has 90 valence electrons. The van der Waals surface area contributed by atoms with Gasteiger partial charge in [-0.15, -0.1) is 0 Å². The van der Waals surface area contributed by atoms with Crippen molar-refractivity contribution in [1.82, 2.24) is 0 Å². The highest BCUT2D eigenvalue weighted by Gasteiger charge is 2.32. The molecular weight excluding hydrogens is 184 g/mol. The monoisotopic (exact) mass is 212 g/mol. The van der Waals surface area contributed by atoms with Crippen molar-refractivity contribution < 1.29 is 5.11 Å². The smallest absolute Gasteiger partial charge is 0.0568 e. The highest BCUT2D eigenvalue weighted by molar-refractivity contribution is 4.83. The largest absolute Gasteiger partial charge is 0.393 e. The molecule has 0 aromatic carbocycles. The molecule has 0 radical (unpaired) electrons. The molecule has 0 amide bonds. The van der Waals surface area contributed by atoms with Crippen LogP contribution in [-0.4, -0.2) is 11.2 Å². The molecule has 1 nitrogen and oxygen atoms in total. The van der Waals surface area contributed by atoms with E-state index in [1.165, 1.54) is 32.1 Å². The average molecular weight is 212 g/mol. The van der Waals surface area contributed by atoms with Gasteiger partial charge in [-0.3, -0.25) is 0 Å². The van der Waals surface area contributed by atoms with Crippen LogP contribution in [0, 0.1) is 17.3 Å². The van der Waals surface area contributed by atoms with E-state index < -0.39 is 0 Å². The van der Waals surface area contributed by atoms with E-state index in [0.29, 0.717) is 11.3 Å². The van der Waals surface area contributed by atoms with E-state index in [2.05, 4.69) is 27.7 Å². The molecule has 1 heteroatoms. The van der Waals surface area contributed by atoms with Crippen molar-refractivity contribution in [2.75, 3.05) is 0 Å². The number of hydrogen-bond donors (Lipinski definition) is 1. The Hall–Kier alpha value is -0.0400. The van der Waals surface area contributed by atoms with Crippen LogP contribution in [-0.2, 0) is 0 Å². The Labute approximate surface area is 95.3 Å². The molecule has 1 atom stereocenters. The molecule has 0 aromatic rings. The van der Waals surface area contributed by atoms with Crippen LogP contribution < -0.4 is 0 Å². The maximum absolute atomic E-state index is 9.99. The van der Waals surface area contributed by atoms with Crippen LogP contribution in [0.25, 0.3) is 0 Å². The summed E-state index contributed by atoms with van der Waals surface area (Å²) >= 11 is 0. The zero-order chi connectivity index (χ0) is 11.5. The molecular formula is C14H28O. The van der Waals surface area contributed by atoms with Gasteiger partial charge >= 0.3 is 0 Å². The third kappa shape index (κ3) is 3.79. The normalized spacial score (nSPS) is 22.0. The van der Waals surface area contributed by atoms with E-state index in [1.807, 2.05) is 0 Å². The lowest BCUT2D eigenvalue weighted by molar-refractivity contribution is 0.0379. The lowest BCUT2D eigenvalue weighted by Crippen LogP contribution is -2.32. The quantitative estimate of drug-likeness (QED) is 0.747. The Kier molecular flexibility index (Phi) is 4.64. The summed E-state index contributed by atoms with van der Waals surface area (Å²) in [4.78, 5) is 0. The first-order valence-electron chi connectivity index (χ1n) is 6.61. The van der Waals surface area contributed by atoms with Crippen molar-refractivity contribution in [3.05, 3.63) is 0 Å².